The smallest absolute Gasteiger partial charge is 0.251 e. The van der Waals surface area contributed by atoms with E-state index in [2.05, 4.69) is 17.4 Å². The van der Waals surface area contributed by atoms with E-state index in [1.165, 1.54) is 5.56 Å². The molecule has 1 N–H and O–H groups in total. The number of carbonyl (C=O) groups excluding carboxylic acids is 1. The van der Waals surface area contributed by atoms with Crippen molar-refractivity contribution in [1.29, 1.82) is 0 Å². The lowest BCUT2D eigenvalue weighted by Gasteiger charge is -2.18. The topological polar surface area (TPSA) is 32.3 Å². The van der Waals surface area contributed by atoms with Crippen molar-refractivity contribution in [2.75, 3.05) is 19.0 Å². The van der Waals surface area contributed by atoms with E-state index in [-0.39, 0.29) is 11.4 Å². The summed E-state index contributed by atoms with van der Waals surface area (Å²) in [6.07, 6.45) is 2.02. The van der Waals surface area contributed by atoms with Crippen molar-refractivity contribution in [2.24, 2.45) is 0 Å². The molecule has 21 heavy (non-hydrogen) atoms. The first-order valence-corrected chi connectivity index (χ1v) is 7.26. The Labute approximate surface area is 125 Å². The molecule has 1 saturated carbocycles. The molecule has 0 atom stereocenters. The van der Waals surface area contributed by atoms with E-state index < -0.39 is 0 Å². The molecule has 1 aliphatic carbocycles. The fraction of sp³-hybridized carbons (Fsp3) is 0.278. The van der Waals surface area contributed by atoms with Gasteiger partial charge in [0.05, 0.1) is 5.54 Å². The lowest BCUT2D eigenvalue weighted by molar-refractivity contribution is 0.0931. The Morgan fingerprint density at radius 2 is 1.62 bits per heavy atom. The molecule has 3 rings (SSSR count). The van der Waals surface area contributed by atoms with Crippen LogP contribution in [0.4, 0.5) is 5.69 Å². The zero-order chi connectivity index (χ0) is 14.9. The van der Waals surface area contributed by atoms with Crippen molar-refractivity contribution in [1.82, 2.24) is 5.32 Å². The molecule has 3 nitrogen and oxygen atoms in total. The second-order valence-electron chi connectivity index (χ2n) is 5.84. The Morgan fingerprint density at radius 3 is 2.14 bits per heavy atom. The minimum Gasteiger partial charge on any atom is -0.378 e. The number of benzene rings is 2. The Kier molecular flexibility index (Phi) is 3.42. The molecule has 0 aliphatic heterocycles. The van der Waals surface area contributed by atoms with E-state index >= 15 is 0 Å². The Morgan fingerprint density at radius 1 is 1.00 bits per heavy atom. The largest absolute Gasteiger partial charge is 0.378 e. The maximum atomic E-state index is 12.4. The predicted molar refractivity (Wildman–Crippen MR) is 85.6 cm³/mol. The van der Waals surface area contributed by atoms with E-state index in [4.69, 9.17) is 0 Å². The molecule has 0 aromatic heterocycles. The van der Waals surface area contributed by atoms with Crippen molar-refractivity contribution >= 4 is 11.6 Å². The molecular weight excluding hydrogens is 260 g/mol. The lowest BCUT2D eigenvalue weighted by atomic mass is 10.0. The van der Waals surface area contributed by atoms with Crippen LogP contribution in [0.1, 0.15) is 28.8 Å². The van der Waals surface area contributed by atoms with Gasteiger partial charge >= 0.3 is 0 Å². The summed E-state index contributed by atoms with van der Waals surface area (Å²) < 4.78 is 0. The standard InChI is InChI=1S/C18H20N2O/c1-20(2)16-10-8-14(9-11-16)17(21)19-18(12-13-18)15-6-4-3-5-7-15/h3-11H,12-13H2,1-2H3,(H,19,21). The van der Waals surface area contributed by atoms with Crippen LogP contribution in [0.2, 0.25) is 0 Å². The second-order valence-corrected chi connectivity index (χ2v) is 5.84. The summed E-state index contributed by atoms with van der Waals surface area (Å²) >= 11 is 0. The minimum atomic E-state index is -0.154. The summed E-state index contributed by atoms with van der Waals surface area (Å²) in [5.74, 6) is 0.00154. The van der Waals surface area contributed by atoms with Crippen molar-refractivity contribution in [3.8, 4) is 0 Å². The van der Waals surface area contributed by atoms with Crippen molar-refractivity contribution < 1.29 is 4.79 Å². The van der Waals surface area contributed by atoms with Crippen molar-refractivity contribution in [3.63, 3.8) is 0 Å². The SMILES string of the molecule is CN(C)c1ccc(C(=O)NC2(c3ccccc3)CC2)cc1. The van der Waals surface area contributed by atoms with Crippen LogP contribution in [-0.2, 0) is 5.54 Å². The van der Waals surface area contributed by atoms with Crippen LogP contribution >= 0.6 is 0 Å². The molecule has 0 radical (unpaired) electrons. The Bertz CT molecular complexity index is 628. The number of hydrogen-bond donors (Lipinski definition) is 1. The number of anilines is 1. The quantitative estimate of drug-likeness (QED) is 0.933. The van der Waals surface area contributed by atoms with Gasteiger partial charge in [-0.05, 0) is 42.7 Å². The fourth-order valence-corrected chi connectivity index (χ4v) is 2.57. The zero-order valence-corrected chi connectivity index (χ0v) is 12.5. The van der Waals surface area contributed by atoms with Gasteiger partial charge in [0.15, 0.2) is 0 Å². The first-order chi connectivity index (χ1) is 10.1. The average molecular weight is 280 g/mol. The lowest BCUT2D eigenvalue weighted by Crippen LogP contribution is -2.34. The van der Waals surface area contributed by atoms with Crippen LogP contribution in [0.25, 0.3) is 0 Å². The normalized spacial score (nSPS) is 15.3. The van der Waals surface area contributed by atoms with E-state index in [0.717, 1.165) is 18.5 Å². The molecule has 2 aromatic rings. The number of nitrogens with zero attached hydrogens (tertiary/aromatic N) is 1. The number of hydrogen-bond acceptors (Lipinski definition) is 2. The van der Waals surface area contributed by atoms with Gasteiger partial charge in [-0.15, -0.1) is 0 Å². The third-order valence-electron chi connectivity index (χ3n) is 4.08. The summed E-state index contributed by atoms with van der Waals surface area (Å²) in [5, 5.41) is 3.20. The zero-order valence-electron chi connectivity index (χ0n) is 12.5. The summed E-state index contributed by atoms with van der Waals surface area (Å²) in [6, 6.07) is 17.9. The Balaban J connectivity index is 1.75. The van der Waals surface area contributed by atoms with Gasteiger partial charge in [-0.25, -0.2) is 0 Å². The molecular formula is C18H20N2O. The van der Waals surface area contributed by atoms with Crippen LogP contribution < -0.4 is 10.2 Å². The molecule has 0 heterocycles. The maximum Gasteiger partial charge on any atom is 0.251 e. The van der Waals surface area contributed by atoms with E-state index in [0.29, 0.717) is 5.56 Å². The van der Waals surface area contributed by atoms with Crippen LogP contribution in [0.15, 0.2) is 54.6 Å². The highest BCUT2D eigenvalue weighted by molar-refractivity contribution is 5.95. The summed E-state index contributed by atoms with van der Waals surface area (Å²) in [7, 11) is 3.98. The molecule has 1 fully saturated rings. The molecule has 108 valence electrons. The first-order valence-electron chi connectivity index (χ1n) is 7.26. The highest BCUT2D eigenvalue weighted by atomic mass is 16.1. The molecule has 1 amide bonds. The van der Waals surface area contributed by atoms with Crippen molar-refractivity contribution in [2.45, 2.75) is 18.4 Å². The van der Waals surface area contributed by atoms with Gasteiger partial charge < -0.3 is 10.2 Å². The minimum absolute atomic E-state index is 0.00154. The molecule has 3 heteroatoms. The molecule has 0 spiro atoms. The summed E-state index contributed by atoms with van der Waals surface area (Å²) in [4.78, 5) is 14.5. The van der Waals surface area contributed by atoms with Crippen LogP contribution in [0.3, 0.4) is 0 Å². The highest BCUT2D eigenvalue weighted by Gasteiger charge is 2.45. The Hall–Kier alpha value is -2.29. The van der Waals surface area contributed by atoms with E-state index in [1.807, 2.05) is 61.5 Å². The van der Waals surface area contributed by atoms with E-state index in [9.17, 15) is 4.79 Å². The third-order valence-corrected chi connectivity index (χ3v) is 4.08. The van der Waals surface area contributed by atoms with Gasteiger partial charge in [-0.3, -0.25) is 4.79 Å². The van der Waals surface area contributed by atoms with Gasteiger partial charge in [0, 0.05) is 25.3 Å². The van der Waals surface area contributed by atoms with Gasteiger partial charge in [0.1, 0.15) is 0 Å². The monoisotopic (exact) mass is 280 g/mol. The van der Waals surface area contributed by atoms with Crippen LogP contribution in [0, 0.1) is 0 Å². The van der Waals surface area contributed by atoms with Crippen molar-refractivity contribution in [3.05, 3.63) is 65.7 Å². The molecule has 0 bridgehead atoms. The molecule has 0 unspecified atom stereocenters. The molecule has 2 aromatic carbocycles. The number of amides is 1. The molecule has 0 saturated heterocycles. The number of carbonyl (C=O) groups is 1. The summed E-state index contributed by atoms with van der Waals surface area (Å²) in [6.45, 7) is 0. The van der Waals surface area contributed by atoms with Crippen LogP contribution in [0.5, 0.6) is 0 Å². The van der Waals surface area contributed by atoms with Gasteiger partial charge in [-0.2, -0.15) is 0 Å². The number of nitrogens with one attached hydrogen (secondary N) is 1. The number of rotatable bonds is 4. The second kappa shape index (κ2) is 5.24. The van der Waals surface area contributed by atoms with Gasteiger partial charge in [-0.1, -0.05) is 30.3 Å². The van der Waals surface area contributed by atoms with Crippen LogP contribution in [-0.4, -0.2) is 20.0 Å². The summed E-state index contributed by atoms with van der Waals surface area (Å²) in [5.41, 5.74) is 2.85. The third kappa shape index (κ3) is 2.77. The maximum absolute atomic E-state index is 12.4. The fourth-order valence-electron chi connectivity index (χ4n) is 2.57. The average Bonchev–Trinajstić information content (AvgIpc) is 3.29. The first kappa shape index (κ1) is 13.7. The van der Waals surface area contributed by atoms with Gasteiger partial charge in [0.25, 0.3) is 5.91 Å². The predicted octanol–water partition coefficient (Wildman–Crippen LogP) is 3.17. The van der Waals surface area contributed by atoms with Gasteiger partial charge in [0.2, 0.25) is 0 Å². The highest BCUT2D eigenvalue weighted by Crippen LogP contribution is 2.45. The van der Waals surface area contributed by atoms with E-state index in [1.54, 1.807) is 0 Å². The molecule has 1 aliphatic rings.